The summed E-state index contributed by atoms with van der Waals surface area (Å²) in [5, 5.41) is 3.47. The van der Waals surface area contributed by atoms with E-state index in [1.807, 2.05) is 24.3 Å². The van der Waals surface area contributed by atoms with Gasteiger partial charge in [-0.25, -0.2) is 0 Å². The second kappa shape index (κ2) is 13.4. The normalized spacial score (nSPS) is 22.8. The Morgan fingerprint density at radius 2 is 1.52 bits per heavy atom. The lowest BCUT2D eigenvalue weighted by Gasteiger charge is -2.44. The summed E-state index contributed by atoms with van der Waals surface area (Å²) >= 11 is 6.97. The van der Waals surface area contributed by atoms with E-state index in [0.717, 1.165) is 29.0 Å². The van der Waals surface area contributed by atoms with E-state index < -0.39 is 25.6 Å². The van der Waals surface area contributed by atoms with Crippen LogP contribution in [0.2, 0.25) is 18.1 Å². The van der Waals surface area contributed by atoms with Crippen molar-refractivity contribution in [3.8, 4) is 5.75 Å². The maximum absolute atomic E-state index is 7.62. The molecule has 0 bridgehead atoms. The third-order valence-electron chi connectivity index (χ3n) is 9.48. The van der Waals surface area contributed by atoms with E-state index in [9.17, 15) is 0 Å². The summed E-state index contributed by atoms with van der Waals surface area (Å²) in [7, 11) is -0.451. The molecule has 0 unspecified atom stereocenters. The Morgan fingerprint density at radius 3 is 2.02 bits per heavy atom. The van der Waals surface area contributed by atoms with Crippen molar-refractivity contribution in [3.63, 3.8) is 0 Å². The van der Waals surface area contributed by atoms with Crippen molar-refractivity contribution in [2.24, 2.45) is 0 Å². The number of ether oxygens (including phenoxy) is 3. The Balaban J connectivity index is 1.65. The summed E-state index contributed by atoms with van der Waals surface area (Å²) < 4.78 is 27.0. The summed E-state index contributed by atoms with van der Waals surface area (Å²) in [6, 6.07) is 29.0. The minimum absolute atomic E-state index is 0.0370. The topological polar surface area (TPSA) is 52.2 Å². The molecule has 1 saturated heterocycles. The summed E-state index contributed by atoms with van der Waals surface area (Å²) in [4.78, 5) is 2.20. The number of methoxy groups -OCH3 is 1. The number of hydrogen-bond donors (Lipinski definition) is 1. The van der Waals surface area contributed by atoms with E-state index in [2.05, 4.69) is 117 Å². The number of rotatable bonds is 11. The molecule has 3 aromatic carbocycles. The van der Waals surface area contributed by atoms with Crippen LogP contribution in [0.25, 0.3) is 0 Å². The minimum Gasteiger partial charge on any atom is -0.497 e. The molecule has 6 nitrogen and oxygen atoms in total. The van der Waals surface area contributed by atoms with Crippen LogP contribution in [-0.4, -0.2) is 64.0 Å². The van der Waals surface area contributed by atoms with Crippen molar-refractivity contribution >= 4 is 19.9 Å². The van der Waals surface area contributed by atoms with Crippen LogP contribution in [0.4, 0.5) is 0 Å². The Hall–Kier alpha value is -2.65. The summed E-state index contributed by atoms with van der Waals surface area (Å²) in [6.45, 7) is 13.2. The van der Waals surface area contributed by atoms with E-state index in [4.69, 9.17) is 30.2 Å². The monoisotopic (exact) mass is 634 g/mol. The first-order valence-electron chi connectivity index (χ1n) is 15.5. The highest BCUT2D eigenvalue weighted by atomic mass is 35.5. The van der Waals surface area contributed by atoms with Crippen LogP contribution in [0.5, 0.6) is 5.75 Å². The molecule has 0 aromatic heterocycles. The van der Waals surface area contributed by atoms with Gasteiger partial charge >= 0.3 is 0 Å². The summed E-state index contributed by atoms with van der Waals surface area (Å²) in [5.41, 5.74) is 1.20. The van der Waals surface area contributed by atoms with Crippen LogP contribution >= 0.6 is 11.6 Å². The molecule has 3 atom stereocenters. The van der Waals surface area contributed by atoms with E-state index in [0.29, 0.717) is 19.7 Å². The van der Waals surface area contributed by atoms with Crippen LogP contribution in [0.1, 0.15) is 43.9 Å². The first-order chi connectivity index (χ1) is 21.0. The van der Waals surface area contributed by atoms with Gasteiger partial charge in [0, 0.05) is 19.2 Å². The molecule has 0 radical (unpaired) electrons. The van der Waals surface area contributed by atoms with Crippen molar-refractivity contribution in [1.29, 1.82) is 0 Å². The number of alkyl halides is 1. The molecule has 0 amide bonds. The fraction of sp³-hybridized carbons (Fsp3) is 0.444. The molecule has 0 spiro atoms. The Morgan fingerprint density at radius 1 is 0.932 bits per heavy atom. The number of nitrogens with one attached hydrogen (secondary N) is 1. The standard InChI is InChI=1S/C36H47ClN2O4Si/c1-34(2,3)44(5,6)41-26-35(25-37)32(24-33(43-35)39-23-13-22-38-27-39)42-36(28-14-9-7-10-15-28,29-16-11-8-12-17-29)30-18-20-31(40-4)21-19-30/h7-21,23,32-33,38H,22,24-27H2,1-6H3/t32-,33-,35-/m1/s1. The average molecular weight is 635 g/mol. The van der Waals surface area contributed by atoms with Gasteiger partial charge < -0.3 is 23.5 Å². The van der Waals surface area contributed by atoms with Crippen LogP contribution in [-0.2, 0) is 19.5 Å². The van der Waals surface area contributed by atoms with Crippen LogP contribution in [0.3, 0.4) is 0 Å². The molecule has 1 N–H and O–H groups in total. The van der Waals surface area contributed by atoms with Crippen molar-refractivity contribution in [2.75, 3.05) is 32.8 Å². The zero-order chi connectivity index (χ0) is 31.4. The van der Waals surface area contributed by atoms with Crippen LogP contribution in [0, 0.1) is 0 Å². The van der Waals surface area contributed by atoms with E-state index in [1.54, 1.807) is 7.11 Å². The average Bonchev–Trinajstić information content (AvgIpc) is 3.42. The maximum atomic E-state index is 7.62. The van der Waals surface area contributed by atoms with E-state index in [-0.39, 0.29) is 17.1 Å². The van der Waals surface area contributed by atoms with Gasteiger partial charge in [-0.15, -0.1) is 11.6 Å². The zero-order valence-electron chi connectivity index (χ0n) is 26.9. The third kappa shape index (κ3) is 6.50. The van der Waals surface area contributed by atoms with Crippen molar-refractivity contribution in [1.82, 2.24) is 10.2 Å². The van der Waals surface area contributed by atoms with Gasteiger partial charge in [0.15, 0.2) is 8.32 Å². The molecule has 0 aliphatic carbocycles. The first-order valence-corrected chi connectivity index (χ1v) is 18.9. The van der Waals surface area contributed by atoms with Gasteiger partial charge in [-0.3, -0.25) is 5.32 Å². The van der Waals surface area contributed by atoms with Crippen molar-refractivity contribution in [3.05, 3.63) is 114 Å². The van der Waals surface area contributed by atoms with Gasteiger partial charge in [0.1, 0.15) is 23.2 Å². The number of benzene rings is 3. The van der Waals surface area contributed by atoms with Gasteiger partial charge in [-0.1, -0.05) is 99.6 Å². The predicted molar refractivity (Wildman–Crippen MR) is 181 cm³/mol. The largest absolute Gasteiger partial charge is 0.497 e. The number of nitrogens with zero attached hydrogens (tertiary/aromatic N) is 1. The SMILES string of the molecule is COc1ccc(C(O[C@@H]2C[C@H](N3C=CCNC3)O[C@]2(CCl)CO[Si](C)(C)C(C)(C)C)(c2ccccc2)c2ccccc2)cc1. The minimum atomic E-state index is -2.14. The van der Waals surface area contributed by atoms with Crippen molar-refractivity contribution in [2.45, 2.75) is 68.9 Å². The molecule has 1 fully saturated rings. The molecule has 0 saturated carbocycles. The predicted octanol–water partition coefficient (Wildman–Crippen LogP) is 7.49. The third-order valence-corrected chi connectivity index (χ3v) is 14.4. The molecule has 3 aromatic rings. The van der Waals surface area contributed by atoms with Gasteiger partial charge in [0.05, 0.1) is 32.4 Å². The second-order valence-electron chi connectivity index (χ2n) is 13.3. The Bertz CT molecular complexity index is 1340. The lowest BCUT2D eigenvalue weighted by Crippen LogP contribution is -2.54. The van der Waals surface area contributed by atoms with Crippen LogP contribution in [0.15, 0.2) is 97.2 Å². The molecule has 8 heteroatoms. The first kappa shape index (κ1) is 32.7. The summed E-state index contributed by atoms with van der Waals surface area (Å²) in [6.07, 6.45) is 4.23. The smallest absolute Gasteiger partial charge is 0.192 e. The summed E-state index contributed by atoms with van der Waals surface area (Å²) in [5.74, 6) is 1.02. The highest BCUT2D eigenvalue weighted by Gasteiger charge is 2.55. The van der Waals surface area contributed by atoms with E-state index in [1.165, 1.54) is 0 Å². The molecule has 5 rings (SSSR count). The van der Waals surface area contributed by atoms with Gasteiger partial charge in [0.25, 0.3) is 0 Å². The highest BCUT2D eigenvalue weighted by Crippen LogP contribution is 2.48. The number of halogens is 1. The highest BCUT2D eigenvalue weighted by molar-refractivity contribution is 6.74. The molecule has 2 aliphatic rings. The van der Waals surface area contributed by atoms with E-state index >= 15 is 0 Å². The fourth-order valence-electron chi connectivity index (χ4n) is 5.76. The molecular formula is C36H47ClN2O4Si. The van der Waals surface area contributed by atoms with Crippen LogP contribution < -0.4 is 10.1 Å². The fourth-order valence-corrected chi connectivity index (χ4v) is 7.11. The lowest BCUT2D eigenvalue weighted by molar-refractivity contribution is -0.155. The second-order valence-corrected chi connectivity index (χ2v) is 18.4. The maximum Gasteiger partial charge on any atom is 0.192 e. The molecule has 236 valence electrons. The Labute approximate surface area is 269 Å². The zero-order valence-corrected chi connectivity index (χ0v) is 28.6. The quantitative estimate of drug-likeness (QED) is 0.134. The molecule has 2 aliphatic heterocycles. The molecule has 2 heterocycles. The van der Waals surface area contributed by atoms with Crippen molar-refractivity contribution < 1.29 is 18.6 Å². The Kier molecular flexibility index (Phi) is 9.95. The van der Waals surface area contributed by atoms with Gasteiger partial charge in [-0.2, -0.15) is 0 Å². The number of hydrogen-bond acceptors (Lipinski definition) is 6. The molecular weight excluding hydrogens is 588 g/mol. The van der Waals surface area contributed by atoms with Gasteiger partial charge in [0.2, 0.25) is 0 Å². The van der Waals surface area contributed by atoms with Gasteiger partial charge in [-0.05, 0) is 47.0 Å². The lowest BCUT2D eigenvalue weighted by atomic mass is 9.79. The molecule has 44 heavy (non-hydrogen) atoms.